The summed E-state index contributed by atoms with van der Waals surface area (Å²) in [6.07, 6.45) is 2.68. The van der Waals surface area contributed by atoms with Gasteiger partial charge in [0.1, 0.15) is 5.15 Å². The third-order valence-electron chi connectivity index (χ3n) is 4.71. The predicted octanol–water partition coefficient (Wildman–Crippen LogP) is 3.56. The highest BCUT2D eigenvalue weighted by atomic mass is 35.5. The van der Waals surface area contributed by atoms with Gasteiger partial charge in [-0.2, -0.15) is 0 Å². The number of H-pyrrole nitrogens is 1. The second-order valence-electron chi connectivity index (χ2n) is 6.60. The van der Waals surface area contributed by atoms with E-state index in [1.165, 1.54) is 11.8 Å². The molecule has 1 aliphatic heterocycles. The maximum Gasteiger partial charge on any atom is 0.256 e. The van der Waals surface area contributed by atoms with Gasteiger partial charge in [0, 0.05) is 37.0 Å². The minimum absolute atomic E-state index is 0.0396. The number of aromatic amines is 1. The van der Waals surface area contributed by atoms with E-state index < -0.39 is 0 Å². The predicted molar refractivity (Wildman–Crippen MR) is 106 cm³/mol. The Labute approximate surface area is 160 Å². The van der Waals surface area contributed by atoms with E-state index in [0.29, 0.717) is 23.4 Å². The van der Waals surface area contributed by atoms with E-state index >= 15 is 0 Å². The summed E-state index contributed by atoms with van der Waals surface area (Å²) in [4.78, 5) is 26.5. The number of nitrogens with one attached hydrogen (secondary N) is 1. The minimum Gasteiger partial charge on any atom is -0.301 e. The first-order chi connectivity index (χ1) is 12.5. The summed E-state index contributed by atoms with van der Waals surface area (Å²) in [5.41, 5.74) is 4.69. The van der Waals surface area contributed by atoms with Gasteiger partial charge in [-0.1, -0.05) is 35.5 Å². The highest BCUT2D eigenvalue weighted by Crippen LogP contribution is 2.25. The van der Waals surface area contributed by atoms with Crippen molar-refractivity contribution >= 4 is 34.3 Å². The second-order valence-corrected chi connectivity index (χ2v) is 7.75. The van der Waals surface area contributed by atoms with E-state index in [1.807, 2.05) is 19.2 Å². The third-order valence-corrected chi connectivity index (χ3v) is 5.62. The van der Waals surface area contributed by atoms with Gasteiger partial charge in [0.25, 0.3) is 5.56 Å². The van der Waals surface area contributed by atoms with Crippen molar-refractivity contribution in [2.75, 3.05) is 12.8 Å². The van der Waals surface area contributed by atoms with Gasteiger partial charge in [-0.3, -0.25) is 9.69 Å². The molecule has 5 nitrogen and oxygen atoms in total. The van der Waals surface area contributed by atoms with E-state index in [0.717, 1.165) is 46.3 Å². The normalized spacial score (nSPS) is 14.6. The van der Waals surface area contributed by atoms with Gasteiger partial charge < -0.3 is 4.98 Å². The van der Waals surface area contributed by atoms with Gasteiger partial charge in [0.2, 0.25) is 0 Å². The number of thioether (sulfide) groups is 1. The Kier molecular flexibility index (Phi) is 4.73. The average molecular weight is 387 g/mol. The highest BCUT2D eigenvalue weighted by Gasteiger charge is 2.22. The van der Waals surface area contributed by atoms with Crippen LogP contribution in [0.15, 0.2) is 34.2 Å². The number of pyridine rings is 1. The van der Waals surface area contributed by atoms with Crippen molar-refractivity contribution < 1.29 is 0 Å². The van der Waals surface area contributed by atoms with Crippen molar-refractivity contribution in [1.82, 2.24) is 19.9 Å². The lowest BCUT2D eigenvalue weighted by Crippen LogP contribution is -2.35. The van der Waals surface area contributed by atoms with E-state index in [4.69, 9.17) is 11.6 Å². The van der Waals surface area contributed by atoms with Crippen LogP contribution in [0.5, 0.6) is 0 Å². The summed E-state index contributed by atoms with van der Waals surface area (Å²) in [5, 5.41) is 2.29. The summed E-state index contributed by atoms with van der Waals surface area (Å²) in [7, 11) is 0. The zero-order valence-corrected chi connectivity index (χ0v) is 16.2. The molecule has 1 aromatic carbocycles. The van der Waals surface area contributed by atoms with Crippen LogP contribution in [0.2, 0.25) is 5.15 Å². The van der Waals surface area contributed by atoms with Crippen molar-refractivity contribution in [1.29, 1.82) is 0 Å². The van der Waals surface area contributed by atoms with Gasteiger partial charge in [-0.25, -0.2) is 9.97 Å². The minimum atomic E-state index is -0.0396. The average Bonchev–Trinajstić information content (AvgIpc) is 2.63. The fourth-order valence-electron chi connectivity index (χ4n) is 3.34. The van der Waals surface area contributed by atoms with E-state index in [9.17, 15) is 4.79 Å². The molecule has 3 aromatic rings. The van der Waals surface area contributed by atoms with Crippen LogP contribution in [0.3, 0.4) is 0 Å². The van der Waals surface area contributed by atoms with Gasteiger partial charge in [-0.05, 0) is 30.9 Å². The quantitative estimate of drug-likeness (QED) is 0.423. The van der Waals surface area contributed by atoms with Crippen LogP contribution in [-0.4, -0.2) is 32.7 Å². The van der Waals surface area contributed by atoms with Crippen LogP contribution in [0.4, 0.5) is 0 Å². The number of aromatic nitrogens is 3. The molecule has 0 bridgehead atoms. The van der Waals surface area contributed by atoms with Gasteiger partial charge in [-0.15, -0.1) is 0 Å². The third kappa shape index (κ3) is 3.37. The molecule has 0 atom stereocenters. The Morgan fingerprint density at radius 1 is 1.31 bits per heavy atom. The largest absolute Gasteiger partial charge is 0.301 e. The smallest absolute Gasteiger partial charge is 0.256 e. The molecular weight excluding hydrogens is 368 g/mol. The Morgan fingerprint density at radius 3 is 2.96 bits per heavy atom. The molecule has 1 N–H and O–H groups in total. The first-order valence-electron chi connectivity index (χ1n) is 8.47. The number of rotatable bonds is 3. The number of nitrogens with zero attached hydrogens (tertiary/aromatic N) is 3. The van der Waals surface area contributed by atoms with Crippen LogP contribution in [0.1, 0.15) is 22.4 Å². The summed E-state index contributed by atoms with van der Waals surface area (Å²) in [6, 6.07) is 8.28. The first-order valence-corrected chi connectivity index (χ1v) is 10.1. The van der Waals surface area contributed by atoms with Crippen molar-refractivity contribution in [3.05, 3.63) is 62.2 Å². The van der Waals surface area contributed by atoms with Crippen LogP contribution < -0.4 is 5.56 Å². The van der Waals surface area contributed by atoms with Crippen LogP contribution in [-0.2, 0) is 19.5 Å². The second kappa shape index (κ2) is 7.02. The lowest BCUT2D eigenvalue weighted by molar-refractivity contribution is 0.241. The number of aryl methyl sites for hydroxylation is 1. The number of hydrogen-bond donors (Lipinski definition) is 1. The van der Waals surface area contributed by atoms with Gasteiger partial charge in [0.15, 0.2) is 5.16 Å². The van der Waals surface area contributed by atoms with Crippen molar-refractivity contribution in [3.63, 3.8) is 0 Å². The van der Waals surface area contributed by atoms with Gasteiger partial charge >= 0.3 is 0 Å². The molecule has 0 fully saturated rings. The Bertz CT molecular complexity index is 1050. The fraction of sp³-hybridized carbons (Fsp3) is 0.316. The van der Waals surface area contributed by atoms with Crippen molar-refractivity contribution in [2.45, 2.75) is 31.6 Å². The number of fused-ring (bicyclic) bond motifs is 2. The van der Waals surface area contributed by atoms with E-state index in [2.05, 4.69) is 38.1 Å². The van der Waals surface area contributed by atoms with Crippen molar-refractivity contribution in [2.24, 2.45) is 0 Å². The number of halogens is 1. The highest BCUT2D eigenvalue weighted by molar-refractivity contribution is 7.98. The number of hydrogen-bond acceptors (Lipinski definition) is 5. The molecule has 26 heavy (non-hydrogen) atoms. The zero-order chi connectivity index (χ0) is 18.3. The topological polar surface area (TPSA) is 61.9 Å². The molecule has 2 aromatic heterocycles. The fourth-order valence-corrected chi connectivity index (χ4v) is 3.94. The first kappa shape index (κ1) is 17.5. The molecule has 0 aliphatic carbocycles. The number of benzene rings is 1. The molecule has 134 valence electrons. The maximum atomic E-state index is 12.3. The van der Waals surface area contributed by atoms with E-state index in [-0.39, 0.29) is 5.56 Å². The Hall–Kier alpha value is -1.89. The van der Waals surface area contributed by atoms with Crippen molar-refractivity contribution in [3.8, 4) is 0 Å². The monoisotopic (exact) mass is 386 g/mol. The molecule has 0 amide bonds. The SMILES string of the molecule is CSc1nc2c(c(=O)[nH]1)CN(Cc1cc3ccc(C)cc3nc1Cl)CC2. The van der Waals surface area contributed by atoms with Gasteiger partial charge in [0.05, 0.1) is 16.8 Å². The lowest BCUT2D eigenvalue weighted by Gasteiger charge is -2.27. The maximum absolute atomic E-state index is 12.3. The molecule has 3 heterocycles. The summed E-state index contributed by atoms with van der Waals surface area (Å²) >= 11 is 7.88. The molecule has 0 saturated carbocycles. The summed E-state index contributed by atoms with van der Waals surface area (Å²) in [6.45, 7) is 4.13. The summed E-state index contributed by atoms with van der Waals surface area (Å²) in [5.74, 6) is 0. The standard InChI is InChI=1S/C19H19ClN4OS/c1-11-3-4-12-8-13(17(20)21-16(12)7-11)9-24-6-5-15-14(10-24)18(25)23-19(22-15)26-2/h3-4,7-8H,5-6,9-10H2,1-2H3,(H,22,23,25). The zero-order valence-electron chi connectivity index (χ0n) is 14.7. The molecule has 0 spiro atoms. The van der Waals surface area contributed by atoms with Crippen LogP contribution >= 0.6 is 23.4 Å². The Morgan fingerprint density at radius 2 is 2.15 bits per heavy atom. The molecule has 0 unspecified atom stereocenters. The molecule has 4 rings (SSSR count). The van der Waals surface area contributed by atoms with Crippen LogP contribution in [0, 0.1) is 6.92 Å². The molecule has 0 radical (unpaired) electrons. The molecular formula is C19H19ClN4OS. The Balaban J connectivity index is 1.61. The summed E-state index contributed by atoms with van der Waals surface area (Å²) < 4.78 is 0. The molecule has 7 heteroatoms. The molecule has 1 aliphatic rings. The lowest BCUT2D eigenvalue weighted by atomic mass is 10.1. The van der Waals surface area contributed by atoms with E-state index in [1.54, 1.807) is 0 Å². The molecule has 0 saturated heterocycles. The van der Waals surface area contributed by atoms with Crippen LogP contribution in [0.25, 0.3) is 10.9 Å².